The number of para-hydroxylation sites is 8. The van der Waals surface area contributed by atoms with E-state index in [9.17, 15) is 0 Å². The molecule has 0 saturated carbocycles. The smallest absolute Gasteiger partial charge is 0.0541 e. The number of rotatable bonds is 15. The Morgan fingerprint density at radius 1 is 0.123 bits per heavy atom. The molecule has 0 spiro atoms. The third-order valence-electron chi connectivity index (χ3n) is 23.1. The molecule has 0 atom stereocenters. The first-order chi connectivity index (χ1) is 56.5. The highest BCUT2D eigenvalue weighted by Crippen LogP contribution is 2.45. The van der Waals surface area contributed by atoms with Crippen molar-refractivity contribution in [3.05, 3.63) is 437 Å². The molecular weight excluding hydrogens is 1380 g/mol. The van der Waals surface area contributed by atoms with Gasteiger partial charge in [0, 0.05) is 100.0 Å². The van der Waals surface area contributed by atoms with Crippen molar-refractivity contribution < 1.29 is 0 Å². The molecule has 22 aromatic rings. The molecule has 0 aliphatic carbocycles. The first-order valence-electron chi connectivity index (χ1n) is 39.1. The number of hydrogen-bond acceptors (Lipinski definition) is 2. The minimum atomic E-state index is 1.04. The second-order valence-electron chi connectivity index (χ2n) is 29.6. The highest BCUT2D eigenvalue weighted by Gasteiger charge is 2.22. The van der Waals surface area contributed by atoms with Crippen LogP contribution in [0, 0.1) is 0 Å². The number of benzene rings is 18. The lowest BCUT2D eigenvalue weighted by Gasteiger charge is -2.27. The maximum atomic E-state index is 2.39. The maximum absolute atomic E-state index is 2.39. The fraction of sp³-hybridized carbons (Fsp3) is 0. The van der Waals surface area contributed by atoms with E-state index in [4.69, 9.17) is 0 Å². The molecule has 0 radical (unpaired) electrons. The molecule has 0 amide bonds. The normalized spacial score (nSPS) is 11.7. The molecule has 4 heterocycles. The standard InChI is InChI=1S/C108H72N6/c1-9-40-101-93(32-1)94-33-2-10-41-102(94)111(101)89-28-18-23-79(69-89)74-50-60-84(61-51-74)109(85-62-52-75(53-63-85)80-24-19-29-90(70-80)112-103-42-11-3-34-95(103)96-35-4-12-43-104(96)112)83-58-48-73(49-59-83)78-22-17-27-88(68-78)110(86-64-54-76(55-65-86)81-25-20-30-91(71-81)113-105-44-13-5-36-97(105)98-37-6-14-45-106(98)113)87-66-56-77(57-67-87)82-26-21-31-92(72-82)114-107-46-15-7-38-99(107)100-39-8-16-47-108(100)114/h1-72H. The van der Waals surface area contributed by atoms with Crippen molar-refractivity contribution in [1.29, 1.82) is 0 Å². The van der Waals surface area contributed by atoms with E-state index in [1.807, 2.05) is 0 Å². The van der Waals surface area contributed by atoms with Crippen molar-refractivity contribution in [2.75, 3.05) is 9.80 Å². The summed E-state index contributed by atoms with van der Waals surface area (Å²) in [6, 6.07) is 160. The fourth-order valence-electron chi connectivity index (χ4n) is 17.8. The van der Waals surface area contributed by atoms with E-state index in [1.165, 1.54) is 87.2 Å². The Balaban J connectivity index is 0.619. The molecule has 534 valence electrons. The van der Waals surface area contributed by atoms with E-state index >= 15 is 0 Å². The zero-order valence-electron chi connectivity index (χ0n) is 62.3. The summed E-state index contributed by atoms with van der Waals surface area (Å²) in [6.07, 6.45) is 0. The lowest BCUT2D eigenvalue weighted by molar-refractivity contribution is 1.18. The van der Waals surface area contributed by atoms with Crippen LogP contribution in [0.4, 0.5) is 34.1 Å². The summed E-state index contributed by atoms with van der Waals surface area (Å²) in [5.74, 6) is 0. The molecule has 18 aromatic carbocycles. The number of aromatic nitrogens is 4. The van der Waals surface area contributed by atoms with Crippen molar-refractivity contribution in [2.24, 2.45) is 0 Å². The van der Waals surface area contributed by atoms with Crippen molar-refractivity contribution in [1.82, 2.24) is 18.3 Å². The summed E-state index contributed by atoms with van der Waals surface area (Å²) in [5, 5.41) is 9.98. The average molecular weight is 1450 g/mol. The number of anilines is 6. The van der Waals surface area contributed by atoms with Crippen LogP contribution in [-0.2, 0) is 0 Å². The number of fused-ring (bicyclic) bond motifs is 12. The van der Waals surface area contributed by atoms with Crippen LogP contribution in [-0.4, -0.2) is 18.3 Å². The lowest BCUT2D eigenvalue weighted by atomic mass is 10.0. The van der Waals surface area contributed by atoms with Crippen molar-refractivity contribution in [2.45, 2.75) is 0 Å². The summed E-state index contributed by atoms with van der Waals surface area (Å²) in [5.41, 5.74) is 31.7. The zero-order valence-corrected chi connectivity index (χ0v) is 62.3. The van der Waals surface area contributed by atoms with Crippen molar-refractivity contribution in [3.63, 3.8) is 0 Å². The molecule has 0 saturated heterocycles. The van der Waals surface area contributed by atoms with Crippen molar-refractivity contribution >= 4 is 121 Å². The molecule has 6 nitrogen and oxygen atoms in total. The third kappa shape index (κ3) is 11.3. The van der Waals surface area contributed by atoms with Crippen molar-refractivity contribution in [3.8, 4) is 78.4 Å². The number of nitrogens with zero attached hydrogens (tertiary/aromatic N) is 6. The Hall–Kier alpha value is -15.2. The largest absolute Gasteiger partial charge is 0.311 e. The predicted molar refractivity (Wildman–Crippen MR) is 480 cm³/mol. The van der Waals surface area contributed by atoms with E-state index in [-0.39, 0.29) is 0 Å². The van der Waals surface area contributed by atoms with Gasteiger partial charge in [0.05, 0.1) is 44.1 Å². The van der Waals surface area contributed by atoms with Gasteiger partial charge in [-0.15, -0.1) is 0 Å². The van der Waals surface area contributed by atoms with Gasteiger partial charge in [-0.1, -0.05) is 267 Å². The van der Waals surface area contributed by atoms with Gasteiger partial charge < -0.3 is 28.1 Å². The van der Waals surface area contributed by atoms with Gasteiger partial charge >= 0.3 is 0 Å². The SMILES string of the molecule is c1cc(-c2ccc(N(c3ccc(-c4cccc(-n5c6ccccc6c6ccccc65)c4)cc3)c3ccc(-c4cccc(-n5c6ccccc6c6ccccc65)c4)cc3)cc2)cc(N(c2ccc(-c3cccc(-n4c5ccccc5c5ccccc54)c3)cc2)c2ccc(-c3cccc(-n4c5ccccc5c5ccccc54)c3)cc2)c1. The van der Waals surface area contributed by atoms with Crippen LogP contribution < -0.4 is 9.80 Å². The Bertz CT molecular complexity index is 6850. The molecule has 0 bridgehead atoms. The van der Waals surface area contributed by atoms with Crippen LogP contribution in [0.2, 0.25) is 0 Å². The van der Waals surface area contributed by atoms with Gasteiger partial charge in [-0.25, -0.2) is 0 Å². The topological polar surface area (TPSA) is 26.2 Å². The first-order valence-corrected chi connectivity index (χ1v) is 39.1. The van der Waals surface area contributed by atoms with Crippen LogP contribution in [0.3, 0.4) is 0 Å². The fourth-order valence-corrected chi connectivity index (χ4v) is 17.8. The van der Waals surface area contributed by atoms with Gasteiger partial charge in [-0.2, -0.15) is 0 Å². The molecule has 4 aromatic heterocycles. The van der Waals surface area contributed by atoms with Gasteiger partial charge in [0.1, 0.15) is 0 Å². The highest BCUT2D eigenvalue weighted by atomic mass is 15.1. The second-order valence-corrected chi connectivity index (χ2v) is 29.6. The summed E-state index contributed by atoms with van der Waals surface area (Å²) in [7, 11) is 0. The Morgan fingerprint density at radius 2 is 0.298 bits per heavy atom. The van der Waals surface area contributed by atoms with Crippen LogP contribution in [0.15, 0.2) is 437 Å². The molecule has 22 rings (SSSR count). The zero-order chi connectivity index (χ0) is 75.2. The van der Waals surface area contributed by atoms with Crippen LogP contribution in [0.5, 0.6) is 0 Å². The van der Waals surface area contributed by atoms with Gasteiger partial charge in [0.25, 0.3) is 0 Å². The second kappa shape index (κ2) is 27.4. The quantitative estimate of drug-likeness (QED) is 0.102. The van der Waals surface area contributed by atoms with Gasteiger partial charge in [0.15, 0.2) is 0 Å². The molecule has 114 heavy (non-hydrogen) atoms. The summed E-state index contributed by atoms with van der Waals surface area (Å²) in [4.78, 5) is 4.78. The molecule has 0 fully saturated rings. The Labute approximate surface area is 660 Å². The molecule has 0 aliphatic heterocycles. The van der Waals surface area contributed by atoms with Gasteiger partial charge in [0.2, 0.25) is 0 Å². The summed E-state index contributed by atoms with van der Waals surface area (Å²) < 4.78 is 9.58. The summed E-state index contributed by atoms with van der Waals surface area (Å²) in [6.45, 7) is 0. The Kier molecular flexibility index (Phi) is 15.8. The van der Waals surface area contributed by atoms with Crippen LogP contribution in [0.1, 0.15) is 0 Å². The van der Waals surface area contributed by atoms with Crippen LogP contribution in [0.25, 0.3) is 166 Å². The first kappa shape index (κ1) is 65.8. The van der Waals surface area contributed by atoms with E-state index in [2.05, 4.69) is 465 Å². The monoisotopic (exact) mass is 1450 g/mol. The molecule has 0 aliphatic rings. The predicted octanol–water partition coefficient (Wildman–Crippen LogP) is 29.3. The molecular formula is C108H72N6. The highest BCUT2D eigenvalue weighted by molar-refractivity contribution is 6.13. The maximum Gasteiger partial charge on any atom is 0.0541 e. The Morgan fingerprint density at radius 3 is 0.509 bits per heavy atom. The lowest BCUT2D eigenvalue weighted by Crippen LogP contribution is -2.10. The van der Waals surface area contributed by atoms with E-state index < -0.39 is 0 Å². The molecule has 6 heteroatoms. The van der Waals surface area contributed by atoms with Gasteiger partial charge in [-0.3, -0.25) is 0 Å². The summed E-state index contributed by atoms with van der Waals surface area (Å²) >= 11 is 0. The van der Waals surface area contributed by atoms with E-state index in [1.54, 1.807) is 0 Å². The number of hydrogen-bond donors (Lipinski definition) is 0. The van der Waals surface area contributed by atoms with Gasteiger partial charge in [-0.05, 0) is 225 Å². The van der Waals surface area contributed by atoms with E-state index in [0.29, 0.717) is 0 Å². The van der Waals surface area contributed by atoms with E-state index in [0.717, 1.165) is 113 Å². The molecule has 0 unspecified atom stereocenters. The minimum Gasteiger partial charge on any atom is -0.311 e. The average Bonchev–Trinajstić information content (AvgIpc) is 1.62. The third-order valence-corrected chi connectivity index (χ3v) is 23.1. The van der Waals surface area contributed by atoms with Crippen LogP contribution >= 0.6 is 0 Å². The molecule has 0 N–H and O–H groups in total. The minimum absolute atomic E-state index is 1.04.